The highest BCUT2D eigenvalue weighted by Gasteiger charge is 2.15. The van der Waals surface area contributed by atoms with Crippen molar-refractivity contribution in [1.82, 2.24) is 25.7 Å². The maximum Gasteiger partial charge on any atom is 0.221 e. The van der Waals surface area contributed by atoms with Crippen LogP contribution >= 0.6 is 0 Å². The fourth-order valence-electron chi connectivity index (χ4n) is 3.39. The van der Waals surface area contributed by atoms with E-state index in [1.165, 1.54) is 19.3 Å². The van der Waals surface area contributed by atoms with E-state index >= 15 is 0 Å². The van der Waals surface area contributed by atoms with Gasteiger partial charge in [-0.1, -0.05) is 19.3 Å². The van der Waals surface area contributed by atoms with Crippen LogP contribution in [0.1, 0.15) is 62.4 Å². The van der Waals surface area contributed by atoms with Gasteiger partial charge in [0.05, 0.1) is 12.2 Å². The molecule has 146 valence electrons. The summed E-state index contributed by atoms with van der Waals surface area (Å²) in [4.78, 5) is 16.7. The van der Waals surface area contributed by atoms with E-state index in [-0.39, 0.29) is 5.91 Å². The second kappa shape index (κ2) is 10.2. The van der Waals surface area contributed by atoms with E-state index in [9.17, 15) is 4.79 Å². The molecule has 1 heterocycles. The lowest BCUT2D eigenvalue weighted by atomic mass is 9.95. The molecule has 0 bridgehead atoms. The fourth-order valence-corrected chi connectivity index (χ4v) is 3.39. The Bertz CT molecular complexity index is 616. The van der Waals surface area contributed by atoms with Gasteiger partial charge >= 0.3 is 0 Å². The average Bonchev–Trinajstić information content (AvgIpc) is 2.86. The van der Waals surface area contributed by atoms with Crippen LogP contribution < -0.4 is 16.0 Å². The van der Waals surface area contributed by atoms with E-state index in [0.29, 0.717) is 25.6 Å². The summed E-state index contributed by atoms with van der Waals surface area (Å²) in [5, 5.41) is 14.1. The number of aryl methyl sites for hydroxylation is 2. The molecule has 1 saturated carbocycles. The Kier molecular flexibility index (Phi) is 7.94. The Hall–Kier alpha value is -2.05. The molecule has 0 unspecified atom stereocenters. The zero-order valence-corrected chi connectivity index (χ0v) is 16.7. The Labute approximate surface area is 157 Å². The van der Waals surface area contributed by atoms with Gasteiger partial charge in [-0.2, -0.15) is 5.10 Å². The second-order valence-corrected chi connectivity index (χ2v) is 7.05. The summed E-state index contributed by atoms with van der Waals surface area (Å²) in [5.74, 6) is 0.861. The predicted octanol–water partition coefficient (Wildman–Crippen LogP) is 1.93. The van der Waals surface area contributed by atoms with Crippen molar-refractivity contribution in [3.05, 3.63) is 17.0 Å². The highest BCUT2D eigenvalue weighted by molar-refractivity contribution is 5.81. The van der Waals surface area contributed by atoms with Crippen molar-refractivity contribution < 1.29 is 4.79 Å². The summed E-state index contributed by atoms with van der Waals surface area (Å²) >= 11 is 0. The topological polar surface area (TPSA) is 83.3 Å². The van der Waals surface area contributed by atoms with Crippen LogP contribution in [-0.2, 0) is 18.4 Å². The van der Waals surface area contributed by atoms with E-state index in [2.05, 4.69) is 33.0 Å². The van der Waals surface area contributed by atoms with Gasteiger partial charge in [0.25, 0.3) is 0 Å². The Morgan fingerprint density at radius 3 is 2.58 bits per heavy atom. The molecule has 0 aromatic carbocycles. The summed E-state index contributed by atoms with van der Waals surface area (Å²) in [6, 6.07) is 0.370. The monoisotopic (exact) mass is 362 g/mol. The SMILES string of the molecule is CCNC(=NCc1c(C)nn(C)c1C)NCCC(=O)NC1CCCCC1. The minimum atomic E-state index is 0.124. The number of guanidine groups is 1. The third-order valence-electron chi connectivity index (χ3n) is 5.01. The summed E-state index contributed by atoms with van der Waals surface area (Å²) in [6.07, 6.45) is 6.46. The van der Waals surface area contributed by atoms with E-state index in [1.54, 1.807) is 0 Å². The highest BCUT2D eigenvalue weighted by Crippen LogP contribution is 2.17. The van der Waals surface area contributed by atoms with Crippen LogP contribution in [0.15, 0.2) is 4.99 Å². The van der Waals surface area contributed by atoms with E-state index in [4.69, 9.17) is 0 Å². The molecule has 1 aliphatic carbocycles. The largest absolute Gasteiger partial charge is 0.357 e. The number of nitrogens with one attached hydrogen (secondary N) is 3. The smallest absolute Gasteiger partial charge is 0.221 e. The zero-order chi connectivity index (χ0) is 18.9. The lowest BCUT2D eigenvalue weighted by Gasteiger charge is -2.22. The highest BCUT2D eigenvalue weighted by atomic mass is 16.1. The number of hydrogen-bond acceptors (Lipinski definition) is 3. The first-order valence-electron chi connectivity index (χ1n) is 9.81. The van der Waals surface area contributed by atoms with Crippen LogP contribution in [0.5, 0.6) is 0 Å². The molecule has 7 nitrogen and oxygen atoms in total. The first kappa shape index (κ1) is 20.3. The van der Waals surface area contributed by atoms with Gasteiger partial charge in [-0.05, 0) is 33.6 Å². The third kappa shape index (κ3) is 6.04. The number of hydrogen-bond donors (Lipinski definition) is 3. The summed E-state index contributed by atoms with van der Waals surface area (Å²) < 4.78 is 1.89. The van der Waals surface area contributed by atoms with Gasteiger partial charge < -0.3 is 16.0 Å². The molecule has 1 aliphatic rings. The van der Waals surface area contributed by atoms with Crippen molar-refractivity contribution in [2.45, 2.75) is 71.9 Å². The second-order valence-electron chi connectivity index (χ2n) is 7.05. The van der Waals surface area contributed by atoms with Crippen LogP contribution in [0, 0.1) is 13.8 Å². The Morgan fingerprint density at radius 1 is 1.23 bits per heavy atom. The van der Waals surface area contributed by atoms with E-state index in [0.717, 1.165) is 42.3 Å². The van der Waals surface area contributed by atoms with Gasteiger partial charge in [-0.25, -0.2) is 4.99 Å². The number of nitrogens with zero attached hydrogens (tertiary/aromatic N) is 3. The first-order chi connectivity index (χ1) is 12.5. The summed E-state index contributed by atoms with van der Waals surface area (Å²) in [7, 11) is 1.95. The molecule has 1 amide bonds. The lowest BCUT2D eigenvalue weighted by molar-refractivity contribution is -0.121. The van der Waals surface area contributed by atoms with Crippen LogP contribution in [0.3, 0.4) is 0 Å². The van der Waals surface area contributed by atoms with Crippen molar-refractivity contribution in [3.8, 4) is 0 Å². The molecule has 0 saturated heterocycles. The number of aromatic nitrogens is 2. The molecular weight excluding hydrogens is 328 g/mol. The molecule has 0 atom stereocenters. The summed E-state index contributed by atoms with van der Waals surface area (Å²) in [6.45, 7) is 8.04. The summed E-state index contributed by atoms with van der Waals surface area (Å²) in [5.41, 5.74) is 3.30. The number of carbonyl (C=O) groups excluding carboxylic acids is 1. The normalized spacial score (nSPS) is 15.8. The third-order valence-corrected chi connectivity index (χ3v) is 5.01. The minimum Gasteiger partial charge on any atom is -0.357 e. The Morgan fingerprint density at radius 2 is 1.96 bits per heavy atom. The predicted molar refractivity (Wildman–Crippen MR) is 105 cm³/mol. The van der Waals surface area contributed by atoms with Gasteiger partial charge in [0.2, 0.25) is 5.91 Å². The molecule has 7 heteroatoms. The van der Waals surface area contributed by atoms with Gasteiger partial charge in [0.15, 0.2) is 5.96 Å². The molecule has 0 spiro atoms. The molecular formula is C19H34N6O. The van der Waals surface area contributed by atoms with Crippen LogP contribution in [0.25, 0.3) is 0 Å². The molecule has 1 aromatic heterocycles. The van der Waals surface area contributed by atoms with Crippen LogP contribution in [0.2, 0.25) is 0 Å². The van der Waals surface area contributed by atoms with Crippen molar-refractivity contribution in [2.24, 2.45) is 12.0 Å². The zero-order valence-electron chi connectivity index (χ0n) is 16.7. The van der Waals surface area contributed by atoms with Crippen molar-refractivity contribution in [3.63, 3.8) is 0 Å². The quantitative estimate of drug-likeness (QED) is 0.511. The molecule has 0 radical (unpaired) electrons. The van der Waals surface area contributed by atoms with Crippen LogP contribution in [0.4, 0.5) is 0 Å². The average molecular weight is 363 g/mol. The van der Waals surface area contributed by atoms with Gasteiger partial charge in [0, 0.05) is 43.9 Å². The van der Waals surface area contributed by atoms with Crippen molar-refractivity contribution in [2.75, 3.05) is 13.1 Å². The van der Waals surface area contributed by atoms with Crippen molar-refractivity contribution >= 4 is 11.9 Å². The van der Waals surface area contributed by atoms with Crippen LogP contribution in [-0.4, -0.2) is 40.8 Å². The first-order valence-corrected chi connectivity index (χ1v) is 9.81. The molecule has 26 heavy (non-hydrogen) atoms. The molecule has 0 aliphatic heterocycles. The van der Waals surface area contributed by atoms with Crippen molar-refractivity contribution in [1.29, 1.82) is 0 Å². The number of carbonyl (C=O) groups is 1. The van der Waals surface area contributed by atoms with E-state index < -0.39 is 0 Å². The maximum absolute atomic E-state index is 12.1. The maximum atomic E-state index is 12.1. The number of amides is 1. The Balaban J connectivity index is 1.80. The van der Waals surface area contributed by atoms with Gasteiger partial charge in [-0.3, -0.25) is 9.48 Å². The molecule has 1 fully saturated rings. The molecule has 3 N–H and O–H groups in total. The number of aliphatic imine (C=N–C) groups is 1. The molecule has 2 rings (SSSR count). The minimum absolute atomic E-state index is 0.124. The van der Waals surface area contributed by atoms with E-state index in [1.807, 2.05) is 25.6 Å². The fraction of sp³-hybridized carbons (Fsp3) is 0.737. The van der Waals surface area contributed by atoms with Gasteiger partial charge in [-0.15, -0.1) is 0 Å². The lowest BCUT2D eigenvalue weighted by Crippen LogP contribution is -2.41. The van der Waals surface area contributed by atoms with Gasteiger partial charge in [0.1, 0.15) is 0 Å². The standard InChI is InChI=1S/C19H34N6O/c1-5-20-19(22-13-17-14(2)24-25(4)15(17)3)21-12-11-18(26)23-16-9-7-6-8-10-16/h16H,5-13H2,1-4H3,(H,23,26)(H2,20,21,22). The molecule has 1 aromatic rings. The number of rotatable bonds is 7.